The topological polar surface area (TPSA) is 73.6 Å². The lowest BCUT2D eigenvalue weighted by molar-refractivity contribution is -0.148. The maximum Gasteiger partial charge on any atom is 0.315 e. The van der Waals surface area contributed by atoms with Crippen LogP contribution < -0.4 is 0 Å². The number of benzene rings is 1. The molecular weight excluding hydrogens is 280 g/mol. The molecule has 0 fully saturated rings. The monoisotopic (exact) mass is 298 g/mol. The highest BCUT2D eigenvalue weighted by molar-refractivity contribution is 5.76. The van der Waals surface area contributed by atoms with Crippen molar-refractivity contribution >= 4 is 5.97 Å². The highest BCUT2D eigenvalue weighted by Crippen LogP contribution is 2.21. The summed E-state index contributed by atoms with van der Waals surface area (Å²) in [5, 5.41) is 19.4. The summed E-state index contributed by atoms with van der Waals surface area (Å²) in [6.45, 7) is 2.48. The average molecular weight is 298 g/mol. The highest BCUT2D eigenvalue weighted by atomic mass is 16.5. The van der Waals surface area contributed by atoms with Crippen LogP contribution in [0.3, 0.4) is 0 Å². The summed E-state index contributed by atoms with van der Waals surface area (Å²) in [7, 11) is 0. The van der Waals surface area contributed by atoms with Gasteiger partial charge in [-0.2, -0.15) is 5.26 Å². The van der Waals surface area contributed by atoms with Crippen molar-refractivity contribution in [2.24, 2.45) is 5.92 Å². The number of hydrogen-bond donors (Lipinski definition) is 1. The lowest BCUT2D eigenvalue weighted by Gasteiger charge is -2.16. The third-order valence-corrected chi connectivity index (χ3v) is 3.34. The number of aliphatic hydroxyl groups is 1. The van der Waals surface area contributed by atoms with Gasteiger partial charge in [0.25, 0.3) is 0 Å². The van der Waals surface area contributed by atoms with Crippen LogP contribution >= 0.6 is 0 Å². The Balaban J connectivity index is 2.23. The second-order valence-electron chi connectivity index (χ2n) is 4.92. The van der Waals surface area contributed by atoms with Gasteiger partial charge in [-0.3, -0.25) is 4.79 Å². The van der Waals surface area contributed by atoms with Crippen LogP contribution in [-0.2, 0) is 16.1 Å². The van der Waals surface area contributed by atoms with Gasteiger partial charge in [0.05, 0.1) is 18.2 Å². The Morgan fingerprint density at radius 3 is 2.77 bits per heavy atom. The zero-order valence-corrected chi connectivity index (χ0v) is 12.3. The van der Waals surface area contributed by atoms with E-state index in [0.29, 0.717) is 6.54 Å². The van der Waals surface area contributed by atoms with E-state index in [1.54, 1.807) is 30.3 Å². The molecule has 0 bridgehead atoms. The first kappa shape index (κ1) is 15.8. The molecule has 0 amide bonds. The number of nitriles is 1. The van der Waals surface area contributed by atoms with E-state index >= 15 is 0 Å². The second-order valence-corrected chi connectivity index (χ2v) is 4.92. The third kappa shape index (κ3) is 3.74. The van der Waals surface area contributed by atoms with Crippen LogP contribution in [0.15, 0.2) is 54.4 Å². The lowest BCUT2D eigenvalue weighted by Crippen LogP contribution is -2.29. The molecule has 114 valence electrons. The van der Waals surface area contributed by atoms with Crippen LogP contribution in [-0.4, -0.2) is 28.7 Å². The van der Waals surface area contributed by atoms with E-state index in [1.807, 2.05) is 36.4 Å². The van der Waals surface area contributed by atoms with Crippen molar-refractivity contribution in [1.82, 2.24) is 4.90 Å². The molecule has 5 nitrogen and oxygen atoms in total. The van der Waals surface area contributed by atoms with Crippen molar-refractivity contribution in [2.45, 2.75) is 19.6 Å². The molecule has 1 aromatic rings. The minimum absolute atomic E-state index is 0.138. The zero-order chi connectivity index (χ0) is 15.9. The van der Waals surface area contributed by atoms with Crippen LogP contribution in [0.5, 0.6) is 0 Å². The molecule has 22 heavy (non-hydrogen) atoms. The van der Waals surface area contributed by atoms with Gasteiger partial charge in [0.15, 0.2) is 0 Å². The fourth-order valence-electron chi connectivity index (χ4n) is 2.23. The number of ether oxygens (including phenoxy) is 1. The van der Waals surface area contributed by atoms with Crippen molar-refractivity contribution in [3.63, 3.8) is 0 Å². The third-order valence-electron chi connectivity index (χ3n) is 3.34. The molecule has 1 aromatic carbocycles. The van der Waals surface area contributed by atoms with Crippen molar-refractivity contribution in [3.8, 4) is 6.07 Å². The standard InChI is InChI=1S/C17H18N2O3/c1-2-22-17(21)15-8-9-19(12-14(10-18)16(15)20)11-13-6-4-3-5-7-13/h3-9,12,15-16,20H,2,11H2,1H3/t15-,16+/m0/s1. The van der Waals surface area contributed by atoms with Crippen molar-refractivity contribution in [3.05, 3.63) is 59.9 Å². The number of rotatable bonds is 4. The van der Waals surface area contributed by atoms with Crippen LogP contribution in [0, 0.1) is 17.2 Å². The molecule has 1 N–H and O–H groups in total. The number of aliphatic hydroxyl groups excluding tert-OH is 1. The molecule has 0 radical (unpaired) electrons. The van der Waals surface area contributed by atoms with E-state index in [4.69, 9.17) is 4.74 Å². The number of esters is 1. The largest absolute Gasteiger partial charge is 0.465 e. The number of carbonyl (C=O) groups excluding carboxylic acids is 1. The number of hydrogen-bond acceptors (Lipinski definition) is 5. The van der Waals surface area contributed by atoms with E-state index in [0.717, 1.165) is 5.56 Å². The van der Waals surface area contributed by atoms with E-state index in [1.165, 1.54) is 0 Å². The van der Waals surface area contributed by atoms with Gasteiger partial charge in [0.2, 0.25) is 0 Å². The second kappa shape index (κ2) is 7.43. The molecule has 0 unspecified atom stereocenters. The molecule has 1 aliphatic heterocycles. The van der Waals surface area contributed by atoms with Gasteiger partial charge in [-0.15, -0.1) is 0 Å². The van der Waals surface area contributed by atoms with Gasteiger partial charge in [-0.05, 0) is 12.5 Å². The molecule has 0 saturated carbocycles. The summed E-state index contributed by atoms with van der Waals surface area (Å²) in [6.07, 6.45) is 3.64. The van der Waals surface area contributed by atoms with Crippen LogP contribution in [0.2, 0.25) is 0 Å². The summed E-state index contributed by atoms with van der Waals surface area (Å²) < 4.78 is 4.95. The summed E-state index contributed by atoms with van der Waals surface area (Å²) in [5.41, 5.74) is 1.20. The predicted molar refractivity (Wildman–Crippen MR) is 81.0 cm³/mol. The molecule has 0 spiro atoms. The minimum atomic E-state index is -1.19. The molecule has 2 atom stereocenters. The van der Waals surface area contributed by atoms with Crippen LogP contribution in [0.4, 0.5) is 0 Å². The fourth-order valence-corrected chi connectivity index (χ4v) is 2.23. The van der Waals surface area contributed by atoms with Gasteiger partial charge >= 0.3 is 5.97 Å². The molecule has 5 heteroatoms. The summed E-state index contributed by atoms with van der Waals surface area (Å²) in [6, 6.07) is 11.7. The summed E-state index contributed by atoms with van der Waals surface area (Å²) in [4.78, 5) is 13.7. The fraction of sp³-hybridized carbons (Fsp3) is 0.294. The van der Waals surface area contributed by atoms with E-state index in [-0.39, 0.29) is 12.2 Å². The average Bonchev–Trinajstić information content (AvgIpc) is 2.68. The maximum atomic E-state index is 11.9. The SMILES string of the molecule is CCOC(=O)[C@H]1C=CN(Cc2ccccc2)C=C(C#N)[C@H]1O. The van der Waals surface area contributed by atoms with Gasteiger partial charge in [-0.1, -0.05) is 36.4 Å². The normalized spacial score (nSPS) is 20.8. The quantitative estimate of drug-likeness (QED) is 0.860. The van der Waals surface area contributed by atoms with Crippen molar-refractivity contribution < 1.29 is 14.6 Å². The zero-order valence-electron chi connectivity index (χ0n) is 12.3. The molecule has 0 saturated heterocycles. The van der Waals surface area contributed by atoms with Gasteiger partial charge in [0.1, 0.15) is 12.0 Å². The molecule has 0 aromatic heterocycles. The van der Waals surface area contributed by atoms with E-state index in [9.17, 15) is 15.2 Å². The predicted octanol–water partition coefficient (Wildman–Crippen LogP) is 1.96. The Hall–Kier alpha value is -2.58. The molecule has 1 aliphatic rings. The molecule has 1 heterocycles. The summed E-state index contributed by atoms with van der Waals surface area (Å²) in [5.74, 6) is -1.40. The number of carbonyl (C=O) groups is 1. The van der Waals surface area contributed by atoms with Gasteiger partial charge in [-0.25, -0.2) is 0 Å². The van der Waals surface area contributed by atoms with Crippen LogP contribution in [0.1, 0.15) is 12.5 Å². The Labute approximate surface area is 129 Å². The van der Waals surface area contributed by atoms with Crippen molar-refractivity contribution in [2.75, 3.05) is 6.61 Å². The van der Waals surface area contributed by atoms with Gasteiger partial charge in [0, 0.05) is 18.9 Å². The summed E-state index contributed by atoms with van der Waals surface area (Å²) >= 11 is 0. The molecule has 0 aliphatic carbocycles. The van der Waals surface area contributed by atoms with Crippen molar-refractivity contribution in [1.29, 1.82) is 5.26 Å². The Bertz CT molecular complexity index is 617. The van der Waals surface area contributed by atoms with E-state index < -0.39 is 18.0 Å². The Morgan fingerprint density at radius 2 is 2.14 bits per heavy atom. The first-order chi connectivity index (χ1) is 10.7. The smallest absolute Gasteiger partial charge is 0.315 e. The van der Waals surface area contributed by atoms with Gasteiger partial charge < -0.3 is 14.7 Å². The molecular formula is C17H18N2O3. The first-order valence-electron chi connectivity index (χ1n) is 7.10. The van der Waals surface area contributed by atoms with Crippen LogP contribution in [0.25, 0.3) is 0 Å². The molecule has 2 rings (SSSR count). The Morgan fingerprint density at radius 1 is 1.41 bits per heavy atom. The maximum absolute atomic E-state index is 11.9. The Kier molecular flexibility index (Phi) is 5.34. The number of nitrogens with zero attached hydrogens (tertiary/aromatic N) is 2. The highest BCUT2D eigenvalue weighted by Gasteiger charge is 2.30. The first-order valence-corrected chi connectivity index (χ1v) is 7.10. The minimum Gasteiger partial charge on any atom is -0.465 e. The lowest BCUT2D eigenvalue weighted by atomic mass is 9.97. The van der Waals surface area contributed by atoms with E-state index in [2.05, 4.69) is 0 Å².